The number of anilines is 3. The maximum absolute atomic E-state index is 13.1. The SMILES string of the molecule is CC(C)(C)c1ccc(N(c2cccc(-n3[c-]cc(C(F)(F)F)n3)n2)c2cccc(-n3[c-]cc(C(F)(F)F)n3)n2)cc1.[Pt+2]. The monoisotopic (exact) mass is 764 g/mol. The van der Waals surface area contributed by atoms with Crippen molar-refractivity contribution < 1.29 is 47.4 Å². The molecule has 0 saturated heterocycles. The van der Waals surface area contributed by atoms with Gasteiger partial charge in [0.05, 0.1) is 23.0 Å². The van der Waals surface area contributed by atoms with Crippen LogP contribution in [0.2, 0.25) is 0 Å². The summed E-state index contributed by atoms with van der Waals surface area (Å²) in [6.07, 6.45) is -4.46. The van der Waals surface area contributed by atoms with E-state index in [0.717, 1.165) is 27.1 Å². The van der Waals surface area contributed by atoms with Gasteiger partial charge >= 0.3 is 33.4 Å². The standard InChI is InChI=1S/C28H21F6N7.Pt/c1-26(2,3)18-10-12-19(13-11-18)41(24-8-4-6-22(35-24)39-16-14-20(37-39)27(29,30)31)25-9-5-7-23(36-25)40-17-15-21(38-40)28(32,33)34;/h4-15H,1-3H3;/q-2;+2. The second kappa shape index (κ2) is 11.4. The molecule has 0 bridgehead atoms. The Morgan fingerprint density at radius 3 is 1.43 bits per heavy atom. The Hall–Kier alpha value is -3.99. The molecule has 0 aliphatic rings. The van der Waals surface area contributed by atoms with E-state index in [4.69, 9.17) is 0 Å². The predicted molar refractivity (Wildman–Crippen MR) is 137 cm³/mol. The molecule has 0 aliphatic heterocycles. The first-order chi connectivity index (χ1) is 19.2. The Labute approximate surface area is 251 Å². The van der Waals surface area contributed by atoms with E-state index in [2.05, 4.69) is 53.3 Å². The summed E-state index contributed by atoms with van der Waals surface area (Å²) in [4.78, 5) is 10.6. The van der Waals surface area contributed by atoms with E-state index in [1.54, 1.807) is 29.2 Å². The van der Waals surface area contributed by atoms with E-state index >= 15 is 0 Å². The number of rotatable bonds is 5. The molecule has 5 rings (SSSR count). The van der Waals surface area contributed by atoms with Crippen molar-refractivity contribution >= 4 is 17.3 Å². The average molecular weight is 765 g/mol. The normalized spacial score (nSPS) is 12.2. The summed E-state index contributed by atoms with van der Waals surface area (Å²) in [7, 11) is 0. The number of pyridine rings is 2. The van der Waals surface area contributed by atoms with Crippen molar-refractivity contribution in [3.8, 4) is 11.6 Å². The molecule has 220 valence electrons. The number of hydrogen-bond acceptors (Lipinski definition) is 5. The third-order valence-electron chi connectivity index (χ3n) is 5.97. The molecule has 14 heteroatoms. The largest absolute Gasteiger partial charge is 2.00 e. The molecule has 0 unspecified atom stereocenters. The van der Waals surface area contributed by atoms with Crippen LogP contribution in [0.25, 0.3) is 11.6 Å². The molecule has 4 aromatic heterocycles. The van der Waals surface area contributed by atoms with Crippen LogP contribution in [0.5, 0.6) is 0 Å². The van der Waals surface area contributed by atoms with Crippen molar-refractivity contribution in [1.29, 1.82) is 0 Å². The molecule has 0 N–H and O–H groups in total. The predicted octanol–water partition coefficient (Wildman–Crippen LogP) is 7.25. The van der Waals surface area contributed by atoms with Gasteiger partial charge in [-0.05, 0) is 35.2 Å². The minimum atomic E-state index is -4.65. The molecular formula is C28H21F6N7Pt. The molecule has 0 spiro atoms. The second-order valence-corrected chi connectivity index (χ2v) is 9.98. The van der Waals surface area contributed by atoms with Gasteiger partial charge in [0.25, 0.3) is 0 Å². The topological polar surface area (TPSA) is 64.7 Å². The summed E-state index contributed by atoms with van der Waals surface area (Å²) in [5.74, 6) is 0.628. The van der Waals surface area contributed by atoms with Gasteiger partial charge in [-0.1, -0.05) is 69.6 Å². The number of aromatic nitrogens is 6. The van der Waals surface area contributed by atoms with Crippen LogP contribution in [-0.2, 0) is 38.8 Å². The fraction of sp³-hybridized carbons (Fsp3) is 0.214. The summed E-state index contributed by atoms with van der Waals surface area (Å²) >= 11 is 0. The average Bonchev–Trinajstić information content (AvgIpc) is 3.60. The van der Waals surface area contributed by atoms with Crippen LogP contribution < -0.4 is 4.90 Å². The van der Waals surface area contributed by atoms with E-state index in [0.29, 0.717) is 5.69 Å². The number of alkyl halides is 6. The van der Waals surface area contributed by atoms with E-state index in [9.17, 15) is 26.3 Å². The Balaban J connectivity index is 0.00000405. The zero-order valence-corrected chi connectivity index (χ0v) is 24.4. The fourth-order valence-electron chi connectivity index (χ4n) is 3.89. The van der Waals surface area contributed by atoms with Gasteiger partial charge < -0.3 is 9.36 Å². The van der Waals surface area contributed by atoms with Crippen molar-refractivity contribution in [2.45, 2.75) is 38.5 Å². The zero-order chi connectivity index (χ0) is 29.6. The number of halogens is 6. The minimum Gasteiger partial charge on any atom is -0.343 e. The molecule has 0 saturated carbocycles. The molecule has 0 fully saturated rings. The van der Waals surface area contributed by atoms with Crippen molar-refractivity contribution in [2.24, 2.45) is 0 Å². The van der Waals surface area contributed by atoms with Crippen LogP contribution >= 0.6 is 0 Å². The van der Waals surface area contributed by atoms with Crippen molar-refractivity contribution in [2.75, 3.05) is 4.90 Å². The Bertz CT molecular complexity index is 1570. The van der Waals surface area contributed by atoms with Gasteiger partial charge in [-0.2, -0.15) is 26.3 Å². The van der Waals surface area contributed by atoms with Crippen molar-refractivity contribution in [3.63, 3.8) is 0 Å². The minimum absolute atomic E-state index is 0. The third kappa shape index (κ3) is 6.56. The van der Waals surface area contributed by atoms with E-state index in [-0.39, 0.29) is 49.8 Å². The fourth-order valence-corrected chi connectivity index (χ4v) is 3.89. The van der Waals surface area contributed by atoms with Crippen molar-refractivity contribution in [1.82, 2.24) is 29.5 Å². The van der Waals surface area contributed by atoms with Gasteiger partial charge in [-0.3, -0.25) is 25.1 Å². The van der Waals surface area contributed by atoms with Gasteiger partial charge in [-0.15, -0.1) is 12.1 Å². The van der Waals surface area contributed by atoms with E-state index in [1.807, 2.05) is 24.3 Å². The first-order valence-electron chi connectivity index (χ1n) is 12.2. The van der Waals surface area contributed by atoms with Crippen LogP contribution in [-0.4, -0.2) is 29.5 Å². The van der Waals surface area contributed by atoms with Crippen LogP contribution in [0.1, 0.15) is 37.7 Å². The van der Waals surface area contributed by atoms with Gasteiger partial charge in [0.15, 0.2) is 0 Å². The van der Waals surface area contributed by atoms with E-state index in [1.165, 1.54) is 12.1 Å². The van der Waals surface area contributed by atoms with Gasteiger partial charge in [0.2, 0.25) is 0 Å². The Kier molecular flexibility index (Phi) is 8.37. The molecule has 0 amide bonds. The maximum atomic E-state index is 13.1. The summed E-state index contributed by atoms with van der Waals surface area (Å²) < 4.78 is 80.5. The summed E-state index contributed by atoms with van der Waals surface area (Å²) in [6, 6.07) is 18.3. The second-order valence-electron chi connectivity index (χ2n) is 9.98. The molecule has 0 atom stereocenters. The zero-order valence-electron chi connectivity index (χ0n) is 22.1. The van der Waals surface area contributed by atoms with Crippen LogP contribution in [0.15, 0.2) is 72.8 Å². The number of benzene rings is 1. The molecule has 1 aromatic carbocycles. The van der Waals surface area contributed by atoms with Crippen LogP contribution in [0, 0.1) is 12.4 Å². The maximum Gasteiger partial charge on any atom is 2.00 e. The van der Waals surface area contributed by atoms with Gasteiger partial charge in [0, 0.05) is 5.69 Å². The van der Waals surface area contributed by atoms with Gasteiger partial charge in [0.1, 0.15) is 11.6 Å². The number of hydrogen-bond donors (Lipinski definition) is 0. The molecule has 4 heterocycles. The van der Waals surface area contributed by atoms with Crippen LogP contribution in [0.3, 0.4) is 0 Å². The smallest absolute Gasteiger partial charge is 0.343 e. The molecule has 0 radical (unpaired) electrons. The molecule has 7 nitrogen and oxygen atoms in total. The molecule has 5 aromatic rings. The molecular weight excluding hydrogens is 743 g/mol. The molecule has 42 heavy (non-hydrogen) atoms. The summed E-state index contributed by atoms with van der Waals surface area (Å²) in [5.41, 5.74) is -0.753. The first kappa shape index (κ1) is 31.0. The van der Waals surface area contributed by atoms with Gasteiger partial charge in [-0.25, -0.2) is 0 Å². The quantitative estimate of drug-likeness (QED) is 0.140. The molecule has 0 aliphatic carbocycles. The van der Waals surface area contributed by atoms with Crippen molar-refractivity contribution in [3.05, 3.63) is 102 Å². The van der Waals surface area contributed by atoms with Crippen LogP contribution in [0.4, 0.5) is 43.7 Å². The summed E-state index contributed by atoms with van der Waals surface area (Å²) in [6.45, 7) is 6.17. The Morgan fingerprint density at radius 1 is 0.643 bits per heavy atom. The van der Waals surface area contributed by atoms with E-state index < -0.39 is 23.7 Å². The third-order valence-corrected chi connectivity index (χ3v) is 5.97. The number of nitrogens with zero attached hydrogens (tertiary/aromatic N) is 7. The Morgan fingerprint density at radius 2 is 1.07 bits per heavy atom. The summed E-state index contributed by atoms with van der Waals surface area (Å²) in [5, 5.41) is 7.09. The first-order valence-corrected chi connectivity index (χ1v) is 12.2.